The number of ether oxygens (including phenoxy) is 2. The molecule has 7 heteroatoms. The van der Waals surface area contributed by atoms with Crippen molar-refractivity contribution >= 4 is 40.3 Å². The minimum absolute atomic E-state index is 0.200. The highest BCUT2D eigenvalue weighted by Gasteiger charge is 2.27. The fourth-order valence-electron chi connectivity index (χ4n) is 2.32. The second kappa shape index (κ2) is 8.67. The summed E-state index contributed by atoms with van der Waals surface area (Å²) in [6, 6.07) is 5.74. The van der Waals surface area contributed by atoms with Crippen molar-refractivity contribution in [2.75, 3.05) is 20.3 Å². The molecule has 2 rings (SSSR count). The van der Waals surface area contributed by atoms with Gasteiger partial charge in [-0.15, -0.1) is 0 Å². The Morgan fingerprint density at radius 3 is 2.88 bits per heavy atom. The minimum Gasteiger partial charge on any atom is -0.493 e. The molecule has 0 fully saturated rings. The quantitative estimate of drug-likeness (QED) is 0.362. The molecule has 1 heterocycles. The largest absolute Gasteiger partial charge is 0.493 e. The van der Waals surface area contributed by atoms with Crippen molar-refractivity contribution in [3.8, 4) is 17.6 Å². The Labute approximate surface area is 160 Å². The van der Waals surface area contributed by atoms with Gasteiger partial charge in [-0.2, -0.15) is 10.4 Å². The third kappa shape index (κ3) is 4.39. The van der Waals surface area contributed by atoms with Gasteiger partial charge in [-0.05, 0) is 53.3 Å². The van der Waals surface area contributed by atoms with E-state index >= 15 is 0 Å². The molecule has 130 valence electrons. The molecule has 1 aromatic rings. The topological polar surface area (TPSA) is 74.9 Å². The van der Waals surface area contributed by atoms with Crippen molar-refractivity contribution in [3.63, 3.8) is 0 Å². The van der Waals surface area contributed by atoms with E-state index in [1.165, 1.54) is 5.01 Å². The second-order valence-electron chi connectivity index (χ2n) is 5.21. The van der Waals surface area contributed by atoms with Crippen LogP contribution in [0.2, 0.25) is 0 Å². The predicted octanol–water partition coefficient (Wildman–Crippen LogP) is 3.38. The summed E-state index contributed by atoms with van der Waals surface area (Å²) in [7, 11) is 1.57. The molecule has 0 aliphatic carbocycles. The number of rotatable bonds is 7. The molecule has 1 aliphatic heterocycles. The molecule has 1 aromatic carbocycles. The van der Waals surface area contributed by atoms with Crippen molar-refractivity contribution < 1.29 is 14.3 Å². The third-order valence-electron chi connectivity index (χ3n) is 3.47. The first-order chi connectivity index (χ1) is 12.0. The summed E-state index contributed by atoms with van der Waals surface area (Å²) in [5, 5.41) is 14.2. The summed E-state index contributed by atoms with van der Waals surface area (Å²) in [6.45, 7) is 6.09. The monoisotopic (exact) mass is 451 g/mol. The molecule has 25 heavy (non-hydrogen) atoms. The van der Waals surface area contributed by atoms with Gasteiger partial charge in [0.1, 0.15) is 6.61 Å². The number of carbonyl (C=O) groups is 1. The zero-order valence-corrected chi connectivity index (χ0v) is 16.2. The lowest BCUT2D eigenvalue weighted by Gasteiger charge is -2.13. The smallest absolute Gasteiger partial charge is 0.275 e. The van der Waals surface area contributed by atoms with Crippen LogP contribution in [-0.2, 0) is 4.79 Å². The average molecular weight is 451 g/mol. The van der Waals surface area contributed by atoms with Gasteiger partial charge in [0.25, 0.3) is 5.91 Å². The Morgan fingerprint density at radius 1 is 1.48 bits per heavy atom. The highest BCUT2D eigenvalue weighted by molar-refractivity contribution is 14.1. The number of hydrogen-bond donors (Lipinski definition) is 0. The predicted molar refractivity (Wildman–Crippen MR) is 104 cm³/mol. The number of halogens is 1. The van der Waals surface area contributed by atoms with Crippen LogP contribution in [0.1, 0.15) is 18.9 Å². The van der Waals surface area contributed by atoms with Crippen molar-refractivity contribution in [1.82, 2.24) is 5.01 Å². The van der Waals surface area contributed by atoms with Crippen LogP contribution in [0.5, 0.6) is 11.5 Å². The molecule has 0 unspecified atom stereocenters. The van der Waals surface area contributed by atoms with Crippen LogP contribution in [0.3, 0.4) is 0 Å². The maximum absolute atomic E-state index is 12.4. The van der Waals surface area contributed by atoms with E-state index < -0.39 is 0 Å². The minimum atomic E-state index is -0.200. The molecule has 1 aliphatic rings. The number of nitrogens with zero attached hydrogens (tertiary/aromatic N) is 3. The highest BCUT2D eigenvalue weighted by Crippen LogP contribution is 2.35. The Kier molecular flexibility index (Phi) is 6.58. The Hall–Kier alpha value is -2.34. The number of hydrazone groups is 1. The summed E-state index contributed by atoms with van der Waals surface area (Å²) in [4.78, 5) is 12.4. The van der Waals surface area contributed by atoms with Crippen LogP contribution in [0.4, 0.5) is 0 Å². The number of methoxy groups -OCH3 is 1. The van der Waals surface area contributed by atoms with Crippen molar-refractivity contribution in [2.24, 2.45) is 5.10 Å². The molecule has 0 atom stereocenters. The van der Waals surface area contributed by atoms with Gasteiger partial charge in [-0.1, -0.05) is 12.7 Å². The van der Waals surface area contributed by atoms with E-state index in [1.54, 1.807) is 26.2 Å². The number of hydrogen-bond acceptors (Lipinski definition) is 5. The average Bonchev–Trinajstić information content (AvgIpc) is 2.86. The highest BCUT2D eigenvalue weighted by atomic mass is 127. The van der Waals surface area contributed by atoms with E-state index in [0.29, 0.717) is 35.9 Å². The maximum atomic E-state index is 12.4. The standard InChI is InChI=1S/C18H18IN3O3/c1-4-8-25-17-15(19)10-13(11-16(17)24-3)9-14-12(2)21-22(18(14)23)7-5-6-20/h4,9-11H,1,5,7-8H2,2-3H3/b14-9+. The second-order valence-corrected chi connectivity index (χ2v) is 6.38. The van der Waals surface area contributed by atoms with Gasteiger partial charge in [0.2, 0.25) is 0 Å². The van der Waals surface area contributed by atoms with E-state index in [-0.39, 0.29) is 12.3 Å². The molecule has 0 aromatic heterocycles. The number of amides is 1. The maximum Gasteiger partial charge on any atom is 0.275 e. The lowest BCUT2D eigenvalue weighted by molar-refractivity contribution is -0.125. The molecular weight excluding hydrogens is 433 g/mol. The first kappa shape index (κ1) is 19.0. The third-order valence-corrected chi connectivity index (χ3v) is 4.27. The van der Waals surface area contributed by atoms with E-state index in [1.807, 2.05) is 18.2 Å². The Bertz CT molecular complexity index is 793. The van der Waals surface area contributed by atoms with Crippen LogP contribution < -0.4 is 9.47 Å². The van der Waals surface area contributed by atoms with E-state index in [9.17, 15) is 4.79 Å². The fraction of sp³-hybridized carbons (Fsp3) is 0.278. The number of nitriles is 1. The molecule has 0 saturated heterocycles. The fourth-order valence-corrected chi connectivity index (χ4v) is 3.10. The van der Waals surface area contributed by atoms with Gasteiger partial charge in [-0.3, -0.25) is 4.79 Å². The number of carbonyl (C=O) groups excluding carboxylic acids is 1. The van der Waals surface area contributed by atoms with Crippen molar-refractivity contribution in [1.29, 1.82) is 5.26 Å². The zero-order chi connectivity index (χ0) is 18.4. The molecule has 0 N–H and O–H groups in total. The summed E-state index contributed by atoms with van der Waals surface area (Å²) in [5.41, 5.74) is 1.95. The van der Waals surface area contributed by atoms with Gasteiger partial charge in [0, 0.05) is 0 Å². The van der Waals surface area contributed by atoms with Gasteiger partial charge < -0.3 is 9.47 Å². The molecule has 0 radical (unpaired) electrons. The molecular formula is C18H18IN3O3. The Morgan fingerprint density at radius 2 is 2.24 bits per heavy atom. The van der Waals surface area contributed by atoms with Gasteiger partial charge in [0.15, 0.2) is 11.5 Å². The molecule has 6 nitrogen and oxygen atoms in total. The van der Waals surface area contributed by atoms with Crippen molar-refractivity contribution in [2.45, 2.75) is 13.3 Å². The molecule has 0 spiro atoms. The number of benzene rings is 1. The normalized spacial score (nSPS) is 15.1. The van der Waals surface area contributed by atoms with E-state index in [4.69, 9.17) is 14.7 Å². The van der Waals surface area contributed by atoms with Crippen LogP contribution in [0.25, 0.3) is 6.08 Å². The van der Waals surface area contributed by atoms with Crippen LogP contribution in [0, 0.1) is 14.9 Å². The van der Waals surface area contributed by atoms with Gasteiger partial charge in [0.05, 0.1) is 41.0 Å². The summed E-state index contributed by atoms with van der Waals surface area (Å²) < 4.78 is 11.9. The molecule has 0 saturated carbocycles. The van der Waals surface area contributed by atoms with Gasteiger partial charge >= 0.3 is 0 Å². The lowest BCUT2D eigenvalue weighted by atomic mass is 10.1. The summed E-state index contributed by atoms with van der Waals surface area (Å²) >= 11 is 2.16. The van der Waals surface area contributed by atoms with Crippen LogP contribution in [-0.4, -0.2) is 36.9 Å². The van der Waals surface area contributed by atoms with E-state index in [0.717, 1.165) is 9.13 Å². The van der Waals surface area contributed by atoms with Crippen molar-refractivity contribution in [3.05, 3.63) is 39.5 Å². The lowest BCUT2D eigenvalue weighted by Crippen LogP contribution is -2.22. The molecule has 0 bridgehead atoms. The zero-order valence-electron chi connectivity index (χ0n) is 14.1. The van der Waals surface area contributed by atoms with Crippen LogP contribution in [0.15, 0.2) is 35.5 Å². The summed E-state index contributed by atoms with van der Waals surface area (Å²) in [6.07, 6.45) is 3.69. The van der Waals surface area contributed by atoms with E-state index in [2.05, 4.69) is 34.3 Å². The summed E-state index contributed by atoms with van der Waals surface area (Å²) in [5.74, 6) is 1.03. The first-order valence-corrected chi connectivity index (χ1v) is 8.67. The first-order valence-electron chi connectivity index (χ1n) is 7.59. The SMILES string of the molecule is C=CCOc1c(I)cc(/C=C2/C(=O)N(CCC#N)N=C2C)cc1OC. The van der Waals surface area contributed by atoms with Gasteiger partial charge in [-0.25, -0.2) is 5.01 Å². The molecule has 1 amide bonds. The Balaban J connectivity index is 2.33. The van der Waals surface area contributed by atoms with Crippen LogP contribution >= 0.6 is 22.6 Å².